The van der Waals surface area contributed by atoms with Crippen LogP contribution < -0.4 is 0 Å². The molecule has 2 aromatic rings. The zero-order chi connectivity index (χ0) is 19.0. The van der Waals surface area contributed by atoms with Crippen LogP contribution in [0, 0.1) is 5.92 Å². The van der Waals surface area contributed by atoms with Crippen LogP contribution in [0.25, 0.3) is 11.3 Å². The number of carbonyl (C=O) groups excluding carboxylic acids is 2. The van der Waals surface area contributed by atoms with Crippen LogP contribution in [0.4, 0.5) is 0 Å². The first-order valence-corrected chi connectivity index (χ1v) is 8.70. The van der Waals surface area contributed by atoms with Crippen molar-refractivity contribution < 1.29 is 19.8 Å². The van der Waals surface area contributed by atoms with E-state index in [1.807, 2.05) is 18.2 Å². The largest absolute Gasteiger partial charge is 0.507 e. The van der Waals surface area contributed by atoms with Crippen molar-refractivity contribution in [3.63, 3.8) is 0 Å². The fraction of sp³-hybridized carbons (Fsp3) is 0.273. The first-order chi connectivity index (χ1) is 12.3. The highest BCUT2D eigenvalue weighted by Gasteiger charge is 2.36. The van der Waals surface area contributed by atoms with E-state index in [4.69, 9.17) is 0 Å². The van der Waals surface area contributed by atoms with Crippen molar-refractivity contribution >= 4 is 22.9 Å². The van der Waals surface area contributed by atoms with Gasteiger partial charge in [-0.1, -0.05) is 44.2 Å². The third-order valence-corrected chi connectivity index (χ3v) is 4.94. The number of allylic oxidation sites excluding steroid dienone is 1. The number of ketones is 2. The maximum absolute atomic E-state index is 13.0. The van der Waals surface area contributed by atoms with Gasteiger partial charge in [0, 0.05) is 0 Å². The first kappa shape index (κ1) is 17.9. The summed E-state index contributed by atoms with van der Waals surface area (Å²) in [5, 5.41) is 21.0. The van der Waals surface area contributed by atoms with Crippen LogP contribution in [-0.4, -0.2) is 21.8 Å². The third kappa shape index (κ3) is 3.03. The lowest BCUT2D eigenvalue weighted by Crippen LogP contribution is -2.30. The molecule has 2 N–H and O–H groups in total. The van der Waals surface area contributed by atoms with Gasteiger partial charge in [0.25, 0.3) is 0 Å². The van der Waals surface area contributed by atoms with Gasteiger partial charge in [-0.15, -0.1) is 0 Å². The smallest absolute Gasteiger partial charge is 0.177 e. The van der Waals surface area contributed by atoms with Crippen LogP contribution >= 0.6 is 0 Å². The fourth-order valence-electron chi connectivity index (χ4n) is 3.36. The number of carbonyl (C=O) groups is 2. The van der Waals surface area contributed by atoms with E-state index >= 15 is 0 Å². The number of para-hydroxylation sites is 1. The molecule has 0 heterocycles. The minimum atomic E-state index is -0.810. The molecule has 0 amide bonds. The summed E-state index contributed by atoms with van der Waals surface area (Å²) < 4.78 is 0. The van der Waals surface area contributed by atoms with Crippen LogP contribution in [0.2, 0.25) is 0 Å². The monoisotopic (exact) mass is 350 g/mol. The summed E-state index contributed by atoms with van der Waals surface area (Å²) in [4.78, 5) is 25.0. The van der Waals surface area contributed by atoms with Crippen LogP contribution in [0.3, 0.4) is 0 Å². The molecule has 2 aromatic carbocycles. The summed E-state index contributed by atoms with van der Waals surface area (Å²) in [5.74, 6) is -1.58. The topological polar surface area (TPSA) is 74.6 Å². The highest BCUT2D eigenvalue weighted by molar-refractivity contribution is 6.33. The van der Waals surface area contributed by atoms with Crippen molar-refractivity contribution in [3.8, 4) is 5.75 Å². The Morgan fingerprint density at radius 2 is 1.85 bits per heavy atom. The number of benzene rings is 2. The molecule has 3 rings (SSSR count). The molecule has 4 nitrogen and oxygen atoms in total. The molecule has 0 spiro atoms. The molecule has 0 radical (unpaired) electrons. The number of aliphatic hydroxyl groups is 1. The zero-order valence-electron chi connectivity index (χ0n) is 15.1. The molecular formula is C22H22O4. The molecule has 134 valence electrons. The van der Waals surface area contributed by atoms with Crippen molar-refractivity contribution in [3.05, 3.63) is 64.7 Å². The quantitative estimate of drug-likeness (QED) is 0.492. The highest BCUT2D eigenvalue weighted by atomic mass is 16.3. The Hall–Kier alpha value is -2.88. The minimum absolute atomic E-state index is 0.107. The van der Waals surface area contributed by atoms with E-state index in [-0.39, 0.29) is 34.3 Å². The number of fused-ring (bicyclic) bond motifs is 1. The van der Waals surface area contributed by atoms with Crippen molar-refractivity contribution in [1.29, 1.82) is 0 Å². The number of hydrogen-bond acceptors (Lipinski definition) is 4. The molecule has 4 heteroatoms. The standard InChI is InChI=1S/C22H22O4/c1-12(2)14-8-9-15-11-17(13(3)23)22(26)20(18(15)10-14)21(25)16-6-4-5-7-19(16)24/h4-10,12,17,24-25H,11H2,1-3H3/b21-20-. The third-order valence-electron chi connectivity index (χ3n) is 4.94. The Morgan fingerprint density at radius 1 is 1.15 bits per heavy atom. The van der Waals surface area contributed by atoms with E-state index in [1.165, 1.54) is 13.0 Å². The lowest BCUT2D eigenvalue weighted by Gasteiger charge is -2.26. The van der Waals surface area contributed by atoms with Gasteiger partial charge in [0.15, 0.2) is 5.78 Å². The Bertz CT molecular complexity index is 921. The Balaban J connectivity index is 2.30. The number of aromatic hydroxyl groups is 1. The summed E-state index contributed by atoms with van der Waals surface area (Å²) in [5.41, 5.74) is 2.82. The van der Waals surface area contributed by atoms with E-state index in [2.05, 4.69) is 13.8 Å². The summed E-state index contributed by atoms with van der Waals surface area (Å²) in [6.07, 6.45) is 0.333. The number of phenols is 1. The molecule has 1 aliphatic carbocycles. The van der Waals surface area contributed by atoms with Crippen LogP contribution in [0.5, 0.6) is 5.75 Å². The predicted octanol–water partition coefficient (Wildman–Crippen LogP) is 4.27. The van der Waals surface area contributed by atoms with Gasteiger partial charge in [0.05, 0.1) is 17.1 Å². The van der Waals surface area contributed by atoms with E-state index in [0.717, 1.165) is 11.1 Å². The normalized spacial score (nSPS) is 18.6. The molecule has 1 aliphatic rings. The molecule has 0 aliphatic heterocycles. The van der Waals surface area contributed by atoms with E-state index in [0.29, 0.717) is 12.0 Å². The van der Waals surface area contributed by atoms with E-state index in [1.54, 1.807) is 18.2 Å². The number of rotatable bonds is 3. The van der Waals surface area contributed by atoms with E-state index < -0.39 is 11.7 Å². The SMILES string of the molecule is CC(=O)C1Cc2ccc(C(C)C)cc2/C(=C(/O)c2ccccc2O)C1=O. The summed E-state index contributed by atoms with van der Waals surface area (Å²) in [7, 11) is 0. The number of hydrogen-bond donors (Lipinski definition) is 2. The molecule has 0 fully saturated rings. The van der Waals surface area contributed by atoms with Crippen molar-refractivity contribution in [2.45, 2.75) is 33.1 Å². The maximum atomic E-state index is 13.0. The van der Waals surface area contributed by atoms with Crippen LogP contribution in [0.1, 0.15) is 48.9 Å². The fourth-order valence-corrected chi connectivity index (χ4v) is 3.36. The second kappa shape index (κ2) is 6.79. The number of aliphatic hydroxyl groups excluding tert-OH is 1. The van der Waals surface area contributed by atoms with Gasteiger partial charge in [-0.25, -0.2) is 0 Å². The Kier molecular flexibility index (Phi) is 4.68. The second-order valence-corrected chi connectivity index (χ2v) is 7.04. The van der Waals surface area contributed by atoms with Crippen molar-refractivity contribution in [2.75, 3.05) is 0 Å². The molecule has 0 saturated carbocycles. The molecular weight excluding hydrogens is 328 g/mol. The lowest BCUT2D eigenvalue weighted by atomic mass is 9.76. The summed E-state index contributed by atoms with van der Waals surface area (Å²) in [6.45, 7) is 5.50. The minimum Gasteiger partial charge on any atom is -0.507 e. The Labute approximate surface area is 152 Å². The maximum Gasteiger partial charge on any atom is 0.177 e. The average Bonchev–Trinajstić information content (AvgIpc) is 2.60. The molecule has 0 saturated heterocycles. The Morgan fingerprint density at radius 3 is 2.46 bits per heavy atom. The molecule has 26 heavy (non-hydrogen) atoms. The van der Waals surface area contributed by atoms with Gasteiger partial charge >= 0.3 is 0 Å². The van der Waals surface area contributed by atoms with Gasteiger partial charge in [-0.3, -0.25) is 9.59 Å². The lowest BCUT2D eigenvalue weighted by molar-refractivity contribution is -0.128. The number of phenolic OH excluding ortho intramolecular Hbond substituents is 1. The van der Waals surface area contributed by atoms with Gasteiger partial charge in [0.1, 0.15) is 17.3 Å². The van der Waals surface area contributed by atoms with Gasteiger partial charge in [-0.2, -0.15) is 0 Å². The van der Waals surface area contributed by atoms with Gasteiger partial charge in [0.2, 0.25) is 0 Å². The summed E-state index contributed by atoms with van der Waals surface area (Å²) >= 11 is 0. The zero-order valence-corrected chi connectivity index (χ0v) is 15.1. The molecule has 1 unspecified atom stereocenters. The summed E-state index contributed by atoms with van der Waals surface area (Å²) in [6, 6.07) is 12.1. The second-order valence-electron chi connectivity index (χ2n) is 7.04. The van der Waals surface area contributed by atoms with E-state index in [9.17, 15) is 19.8 Å². The van der Waals surface area contributed by atoms with Crippen LogP contribution in [-0.2, 0) is 16.0 Å². The average molecular weight is 350 g/mol. The molecule has 0 aromatic heterocycles. The highest BCUT2D eigenvalue weighted by Crippen LogP contribution is 2.39. The van der Waals surface area contributed by atoms with Crippen molar-refractivity contribution in [1.82, 2.24) is 0 Å². The van der Waals surface area contributed by atoms with Gasteiger partial charge in [-0.05, 0) is 48.1 Å². The van der Waals surface area contributed by atoms with Crippen molar-refractivity contribution in [2.24, 2.45) is 5.92 Å². The molecule has 1 atom stereocenters. The number of Topliss-reactive ketones (excluding diaryl/α,β-unsaturated/α-hetero) is 2. The van der Waals surface area contributed by atoms with Gasteiger partial charge < -0.3 is 10.2 Å². The predicted molar refractivity (Wildman–Crippen MR) is 101 cm³/mol. The van der Waals surface area contributed by atoms with Crippen LogP contribution in [0.15, 0.2) is 42.5 Å². The first-order valence-electron chi connectivity index (χ1n) is 8.70. The molecule has 0 bridgehead atoms.